The third-order valence-electron chi connectivity index (χ3n) is 4.22. The first kappa shape index (κ1) is 20.2. The smallest absolute Gasteiger partial charge is 0.410 e. The van der Waals surface area contributed by atoms with E-state index >= 15 is 0 Å². The number of nitrogens with zero attached hydrogens (tertiary/aromatic N) is 1. The third-order valence-corrected chi connectivity index (χ3v) is 4.22. The Kier molecular flexibility index (Phi) is 6.29. The molecule has 1 aliphatic rings. The van der Waals surface area contributed by atoms with Gasteiger partial charge in [-0.15, -0.1) is 0 Å². The lowest BCUT2D eigenvalue weighted by Crippen LogP contribution is -2.36. The Balaban J connectivity index is 1.94. The quantitative estimate of drug-likeness (QED) is 0.870. The van der Waals surface area contributed by atoms with Crippen LogP contribution >= 0.6 is 0 Å². The number of amides is 1. The van der Waals surface area contributed by atoms with E-state index in [1.54, 1.807) is 27.7 Å². The van der Waals surface area contributed by atoms with E-state index in [0.717, 1.165) is 5.56 Å². The molecule has 6 nitrogen and oxygen atoms in total. The van der Waals surface area contributed by atoms with Crippen LogP contribution in [0.5, 0.6) is 5.75 Å². The fraction of sp³-hybridized carbons (Fsp3) is 0.600. The zero-order valence-electron chi connectivity index (χ0n) is 16.2. The van der Waals surface area contributed by atoms with Crippen molar-refractivity contribution in [3.8, 4) is 5.75 Å². The van der Waals surface area contributed by atoms with Gasteiger partial charge in [-0.25, -0.2) is 4.79 Å². The Hall–Kier alpha value is -2.08. The van der Waals surface area contributed by atoms with Gasteiger partial charge >= 0.3 is 6.09 Å². The fourth-order valence-electron chi connectivity index (χ4n) is 2.95. The predicted molar refractivity (Wildman–Crippen MR) is 98.4 cm³/mol. The Morgan fingerprint density at radius 2 is 1.85 bits per heavy atom. The molecule has 1 aromatic carbocycles. The Morgan fingerprint density at radius 3 is 2.38 bits per heavy atom. The van der Waals surface area contributed by atoms with Crippen LogP contribution in [0.25, 0.3) is 0 Å². The molecular weight excluding hydrogens is 334 g/mol. The van der Waals surface area contributed by atoms with Gasteiger partial charge in [-0.3, -0.25) is 0 Å². The van der Waals surface area contributed by atoms with Crippen LogP contribution in [0.1, 0.15) is 52.5 Å². The van der Waals surface area contributed by atoms with Crippen molar-refractivity contribution in [1.82, 2.24) is 4.90 Å². The molecule has 1 fully saturated rings. The van der Waals surface area contributed by atoms with Crippen molar-refractivity contribution < 1.29 is 24.2 Å². The molecule has 26 heavy (non-hydrogen) atoms. The molecule has 0 unspecified atom stereocenters. The van der Waals surface area contributed by atoms with E-state index in [2.05, 4.69) is 0 Å². The zero-order valence-corrected chi connectivity index (χ0v) is 16.2. The van der Waals surface area contributed by atoms with Gasteiger partial charge in [-0.2, -0.15) is 0 Å². The van der Waals surface area contributed by atoms with Gasteiger partial charge in [0.1, 0.15) is 29.3 Å². The number of aliphatic hydroxyl groups is 1. The summed E-state index contributed by atoms with van der Waals surface area (Å²) in [6.07, 6.45) is -1.20. The molecule has 0 bridgehead atoms. The van der Waals surface area contributed by atoms with Crippen LogP contribution < -0.4 is 4.74 Å². The van der Waals surface area contributed by atoms with E-state index < -0.39 is 23.9 Å². The summed E-state index contributed by atoms with van der Waals surface area (Å²) < 4.78 is 11.2. The summed E-state index contributed by atoms with van der Waals surface area (Å²) in [6.45, 7) is 9.48. The van der Waals surface area contributed by atoms with Gasteiger partial charge in [0, 0.05) is 6.42 Å². The molecule has 0 aliphatic carbocycles. The Labute approximate surface area is 155 Å². The van der Waals surface area contributed by atoms with Crippen LogP contribution in [0.15, 0.2) is 24.3 Å². The van der Waals surface area contributed by atoms with Crippen LogP contribution in [-0.2, 0) is 9.53 Å². The highest BCUT2D eigenvalue weighted by Crippen LogP contribution is 2.25. The number of β-amino-alcohol motifs (C(OH)–C–C–N with tert-alkyl or cyclic N) is 1. The zero-order chi connectivity index (χ0) is 19.5. The summed E-state index contributed by atoms with van der Waals surface area (Å²) in [5, 5.41) is 10.2. The highest BCUT2D eigenvalue weighted by atomic mass is 16.6. The fourth-order valence-corrected chi connectivity index (χ4v) is 2.95. The van der Waals surface area contributed by atoms with E-state index in [1.165, 1.54) is 4.90 Å². The number of benzene rings is 1. The number of rotatable bonds is 5. The second-order valence-electron chi connectivity index (χ2n) is 7.99. The summed E-state index contributed by atoms with van der Waals surface area (Å²) >= 11 is 0. The number of likely N-dealkylation sites (tertiary alicyclic amines) is 1. The number of carbonyl (C=O) groups is 2. The minimum absolute atomic E-state index is 0.154. The normalized spacial score (nSPS) is 21.4. The third kappa shape index (κ3) is 5.73. The maximum atomic E-state index is 12.1. The number of Topliss-reactive ketones (excluding diaryl/α,β-unsaturated/α-hetero) is 1. The SMILES string of the molecule is CC(=O)C[C@@H](C)c1ccc(O[C@H]2CN(C(=O)OC(C)(C)C)C[C@@H]2O)cc1. The maximum Gasteiger partial charge on any atom is 0.410 e. The lowest BCUT2D eigenvalue weighted by Gasteiger charge is -2.24. The summed E-state index contributed by atoms with van der Waals surface area (Å²) in [5.41, 5.74) is 0.489. The minimum Gasteiger partial charge on any atom is -0.486 e. The molecule has 0 radical (unpaired) electrons. The molecule has 6 heteroatoms. The van der Waals surface area contributed by atoms with E-state index in [9.17, 15) is 14.7 Å². The van der Waals surface area contributed by atoms with Crippen LogP contribution in [0.3, 0.4) is 0 Å². The van der Waals surface area contributed by atoms with Crippen molar-refractivity contribution in [2.45, 2.75) is 64.8 Å². The average Bonchev–Trinajstić information content (AvgIpc) is 2.87. The summed E-state index contributed by atoms with van der Waals surface area (Å²) in [6, 6.07) is 7.51. The van der Waals surface area contributed by atoms with E-state index in [-0.39, 0.29) is 24.8 Å². The predicted octanol–water partition coefficient (Wildman–Crippen LogP) is 3.13. The molecule has 1 heterocycles. The minimum atomic E-state index is -0.765. The van der Waals surface area contributed by atoms with Gasteiger partial charge in [0.05, 0.1) is 13.1 Å². The number of ketones is 1. The number of hydrogen-bond acceptors (Lipinski definition) is 5. The van der Waals surface area contributed by atoms with Gasteiger partial charge in [0.15, 0.2) is 0 Å². The van der Waals surface area contributed by atoms with Crippen molar-refractivity contribution in [3.63, 3.8) is 0 Å². The number of aliphatic hydroxyl groups excluding tert-OH is 1. The first-order chi connectivity index (χ1) is 12.0. The lowest BCUT2D eigenvalue weighted by molar-refractivity contribution is -0.117. The highest BCUT2D eigenvalue weighted by Gasteiger charge is 2.37. The summed E-state index contributed by atoms with van der Waals surface area (Å²) in [5.74, 6) is 0.939. The first-order valence-electron chi connectivity index (χ1n) is 8.97. The molecule has 2 rings (SSSR count). The molecule has 3 atom stereocenters. The van der Waals surface area contributed by atoms with E-state index in [0.29, 0.717) is 12.2 Å². The topological polar surface area (TPSA) is 76.1 Å². The van der Waals surface area contributed by atoms with Gasteiger partial charge < -0.3 is 24.3 Å². The van der Waals surface area contributed by atoms with Gasteiger partial charge in [-0.1, -0.05) is 19.1 Å². The highest BCUT2D eigenvalue weighted by molar-refractivity contribution is 5.76. The molecule has 1 aromatic rings. The number of ether oxygens (including phenoxy) is 2. The maximum absolute atomic E-state index is 12.1. The van der Waals surface area contributed by atoms with E-state index in [1.807, 2.05) is 31.2 Å². The molecule has 1 saturated heterocycles. The van der Waals surface area contributed by atoms with Gasteiger partial charge in [0.2, 0.25) is 0 Å². The molecule has 1 N–H and O–H groups in total. The average molecular weight is 363 g/mol. The molecule has 1 aliphatic heterocycles. The Morgan fingerprint density at radius 1 is 1.23 bits per heavy atom. The number of hydrogen-bond donors (Lipinski definition) is 1. The van der Waals surface area contributed by atoms with Crippen molar-refractivity contribution in [1.29, 1.82) is 0 Å². The summed E-state index contributed by atoms with van der Waals surface area (Å²) in [7, 11) is 0. The van der Waals surface area contributed by atoms with Crippen molar-refractivity contribution in [2.75, 3.05) is 13.1 Å². The molecule has 0 spiro atoms. The van der Waals surface area contributed by atoms with Crippen LogP contribution in [0.2, 0.25) is 0 Å². The van der Waals surface area contributed by atoms with Gasteiger partial charge in [0.25, 0.3) is 0 Å². The summed E-state index contributed by atoms with van der Waals surface area (Å²) in [4.78, 5) is 24.8. The molecule has 1 amide bonds. The standard InChI is InChI=1S/C20H29NO5/c1-13(10-14(2)22)15-6-8-16(9-7-15)25-18-12-21(11-17(18)23)19(24)26-20(3,4)5/h6-9,13,17-18,23H,10-12H2,1-5H3/t13-,17+,18+/m1/s1. The second kappa shape index (κ2) is 8.08. The molecular formula is C20H29NO5. The second-order valence-corrected chi connectivity index (χ2v) is 7.99. The van der Waals surface area contributed by atoms with Crippen LogP contribution in [-0.4, -0.2) is 52.8 Å². The van der Waals surface area contributed by atoms with E-state index in [4.69, 9.17) is 9.47 Å². The van der Waals surface area contributed by atoms with Crippen molar-refractivity contribution >= 4 is 11.9 Å². The molecule has 0 aromatic heterocycles. The van der Waals surface area contributed by atoms with Crippen LogP contribution in [0, 0.1) is 0 Å². The van der Waals surface area contributed by atoms with Crippen molar-refractivity contribution in [3.05, 3.63) is 29.8 Å². The molecule has 0 saturated carbocycles. The largest absolute Gasteiger partial charge is 0.486 e. The van der Waals surface area contributed by atoms with Crippen LogP contribution in [0.4, 0.5) is 4.79 Å². The first-order valence-corrected chi connectivity index (χ1v) is 8.97. The lowest BCUT2D eigenvalue weighted by atomic mass is 9.96. The monoisotopic (exact) mass is 363 g/mol. The number of carbonyl (C=O) groups excluding carboxylic acids is 2. The Bertz CT molecular complexity index is 635. The van der Waals surface area contributed by atoms with Crippen molar-refractivity contribution in [2.24, 2.45) is 0 Å². The van der Waals surface area contributed by atoms with Gasteiger partial charge in [-0.05, 0) is 51.3 Å². The molecule has 144 valence electrons.